The van der Waals surface area contributed by atoms with Crippen molar-refractivity contribution in [3.05, 3.63) is 42.0 Å². The molecule has 4 fully saturated rings. The summed E-state index contributed by atoms with van der Waals surface area (Å²) in [5.74, 6) is 1.29. The molecule has 2 aromatic carbocycles. The van der Waals surface area contributed by atoms with Crippen LogP contribution < -0.4 is 5.32 Å². The molecule has 1 atom stereocenters. The fourth-order valence-electron chi connectivity index (χ4n) is 6.51. The van der Waals surface area contributed by atoms with Gasteiger partial charge in [-0.3, -0.25) is 0 Å². The number of hydrogen-bond acceptors (Lipinski definition) is 4. The summed E-state index contributed by atoms with van der Waals surface area (Å²) in [5.41, 5.74) is 1.52. The molecule has 0 aliphatic heterocycles. The monoisotopic (exact) mass is 467 g/mol. The number of aliphatic hydroxyl groups is 2. The van der Waals surface area contributed by atoms with E-state index in [-0.39, 0.29) is 23.3 Å². The van der Waals surface area contributed by atoms with Gasteiger partial charge in [0.1, 0.15) is 5.75 Å². The molecule has 6 rings (SSSR count). The third kappa shape index (κ3) is 5.61. The number of phenolic OH excluding ortho intramolecular Hbond substituents is 1. The molecule has 1 unspecified atom stereocenters. The highest BCUT2D eigenvalue weighted by molar-refractivity contribution is 5.84. The SMILES string of the molecule is CC(C)(C)C1CCCCC1.OCC12CCC(NCc3ccc4cc(O)ccc4c3)(CC1)CC2O. The van der Waals surface area contributed by atoms with Crippen molar-refractivity contribution in [3.8, 4) is 5.75 Å². The number of fused-ring (bicyclic) bond motifs is 4. The predicted octanol–water partition coefficient (Wildman–Crippen LogP) is 6.30. The van der Waals surface area contributed by atoms with Crippen molar-refractivity contribution in [1.82, 2.24) is 5.32 Å². The Morgan fingerprint density at radius 2 is 1.56 bits per heavy atom. The molecule has 4 saturated carbocycles. The highest BCUT2D eigenvalue weighted by atomic mass is 16.3. The van der Waals surface area contributed by atoms with E-state index in [1.807, 2.05) is 12.1 Å². The van der Waals surface area contributed by atoms with Crippen molar-refractivity contribution in [2.45, 2.75) is 103 Å². The summed E-state index contributed by atoms with van der Waals surface area (Å²) in [6.07, 6.45) is 11.5. The van der Waals surface area contributed by atoms with Crippen LogP contribution in [0, 0.1) is 16.7 Å². The fraction of sp³-hybridized carbons (Fsp3) is 0.667. The lowest BCUT2D eigenvalue weighted by Crippen LogP contribution is -2.61. The molecule has 4 N–H and O–H groups in total. The van der Waals surface area contributed by atoms with Crippen LogP contribution in [0.4, 0.5) is 0 Å². The second kappa shape index (κ2) is 10.2. The first-order valence-electron chi connectivity index (χ1n) is 13.4. The molecule has 2 bridgehead atoms. The Kier molecular flexibility index (Phi) is 7.61. The maximum atomic E-state index is 10.5. The standard InChI is InChI=1S/C20H25NO3.C10H20/c22-13-19-5-7-20(8-6-19,11-18(19)24)21-12-14-1-2-16-10-17(23)4-3-15(16)9-14;1-10(2,3)9-7-5-4-6-8-9/h1-4,9-10,18,21-24H,5-8,11-13H2;9H,4-8H2,1-3H3. The first kappa shape index (κ1) is 25.5. The largest absolute Gasteiger partial charge is 0.508 e. The van der Waals surface area contributed by atoms with Gasteiger partial charge in [-0.2, -0.15) is 0 Å². The number of aliphatic hydroxyl groups excluding tert-OH is 2. The molecule has 0 spiro atoms. The third-order valence-electron chi connectivity index (χ3n) is 9.19. The van der Waals surface area contributed by atoms with E-state index in [4.69, 9.17) is 0 Å². The highest BCUT2D eigenvalue weighted by Gasteiger charge is 2.53. The van der Waals surface area contributed by atoms with Gasteiger partial charge in [-0.15, -0.1) is 0 Å². The molecule has 4 aliphatic rings. The molecule has 4 heteroatoms. The fourth-order valence-corrected chi connectivity index (χ4v) is 6.51. The molecule has 4 nitrogen and oxygen atoms in total. The first-order valence-corrected chi connectivity index (χ1v) is 13.4. The van der Waals surface area contributed by atoms with Crippen molar-refractivity contribution >= 4 is 10.8 Å². The summed E-state index contributed by atoms with van der Waals surface area (Å²) in [4.78, 5) is 0. The Bertz CT molecular complexity index is 949. The summed E-state index contributed by atoms with van der Waals surface area (Å²) in [6.45, 7) is 8.01. The van der Waals surface area contributed by atoms with Gasteiger partial charge in [-0.1, -0.05) is 58.2 Å². The number of hydrogen-bond donors (Lipinski definition) is 4. The molecule has 0 heterocycles. The lowest BCUT2D eigenvalue weighted by molar-refractivity contribution is -0.118. The number of benzene rings is 2. The zero-order chi connectivity index (χ0) is 24.4. The minimum atomic E-state index is -0.405. The minimum Gasteiger partial charge on any atom is -0.508 e. The molecule has 0 radical (unpaired) electrons. The second-order valence-corrected chi connectivity index (χ2v) is 12.4. The van der Waals surface area contributed by atoms with Crippen molar-refractivity contribution in [3.63, 3.8) is 0 Å². The van der Waals surface area contributed by atoms with Crippen molar-refractivity contribution in [2.75, 3.05) is 6.61 Å². The van der Waals surface area contributed by atoms with E-state index < -0.39 is 6.10 Å². The summed E-state index contributed by atoms with van der Waals surface area (Å²) < 4.78 is 0. The van der Waals surface area contributed by atoms with Gasteiger partial charge in [0.05, 0.1) is 12.7 Å². The summed E-state index contributed by atoms with van der Waals surface area (Å²) in [6, 6.07) is 11.7. The summed E-state index contributed by atoms with van der Waals surface area (Å²) in [7, 11) is 0. The van der Waals surface area contributed by atoms with Crippen LogP contribution in [0.15, 0.2) is 36.4 Å². The van der Waals surface area contributed by atoms with Crippen LogP contribution in [0.25, 0.3) is 10.8 Å². The Labute approximate surface area is 205 Å². The highest BCUT2D eigenvalue weighted by Crippen LogP contribution is 2.52. The second-order valence-electron chi connectivity index (χ2n) is 12.4. The van der Waals surface area contributed by atoms with Gasteiger partial charge in [-0.25, -0.2) is 0 Å². The average Bonchev–Trinajstić information content (AvgIpc) is 2.84. The normalized spacial score (nSPS) is 29.6. The van der Waals surface area contributed by atoms with E-state index in [0.717, 1.165) is 55.3 Å². The maximum absolute atomic E-state index is 10.5. The van der Waals surface area contributed by atoms with Gasteiger partial charge in [0.15, 0.2) is 0 Å². The Morgan fingerprint density at radius 1 is 0.912 bits per heavy atom. The number of rotatable bonds is 4. The van der Waals surface area contributed by atoms with Crippen LogP contribution in [-0.2, 0) is 6.54 Å². The quantitative estimate of drug-likeness (QED) is 0.425. The molecule has 34 heavy (non-hydrogen) atoms. The lowest BCUT2D eigenvalue weighted by atomic mass is 9.56. The molecule has 0 amide bonds. The van der Waals surface area contributed by atoms with Gasteiger partial charge in [0, 0.05) is 17.5 Å². The third-order valence-corrected chi connectivity index (χ3v) is 9.19. The zero-order valence-electron chi connectivity index (χ0n) is 21.4. The molecule has 2 aromatic rings. The first-order chi connectivity index (χ1) is 16.1. The Balaban J connectivity index is 0.000000231. The number of aromatic hydroxyl groups is 1. The molecule has 4 aliphatic carbocycles. The molecule has 188 valence electrons. The van der Waals surface area contributed by atoms with Gasteiger partial charge in [-0.05, 0) is 90.8 Å². The van der Waals surface area contributed by atoms with Crippen molar-refractivity contribution < 1.29 is 15.3 Å². The summed E-state index contributed by atoms with van der Waals surface area (Å²) >= 11 is 0. The number of phenols is 1. The van der Waals surface area contributed by atoms with Crippen LogP contribution >= 0.6 is 0 Å². The predicted molar refractivity (Wildman–Crippen MR) is 140 cm³/mol. The average molecular weight is 468 g/mol. The van der Waals surface area contributed by atoms with Crippen molar-refractivity contribution in [1.29, 1.82) is 0 Å². The van der Waals surface area contributed by atoms with E-state index in [9.17, 15) is 15.3 Å². The lowest BCUT2D eigenvalue weighted by Gasteiger charge is -2.56. The zero-order valence-corrected chi connectivity index (χ0v) is 21.4. The van der Waals surface area contributed by atoms with Crippen LogP contribution in [-0.4, -0.2) is 33.6 Å². The summed E-state index contributed by atoms with van der Waals surface area (Å²) in [5, 5.41) is 35.5. The van der Waals surface area contributed by atoms with Crippen LogP contribution in [0.2, 0.25) is 0 Å². The van der Waals surface area contributed by atoms with E-state index in [1.54, 1.807) is 12.1 Å². The minimum absolute atomic E-state index is 0.000248. The van der Waals surface area contributed by atoms with Gasteiger partial charge in [0.2, 0.25) is 0 Å². The van der Waals surface area contributed by atoms with E-state index >= 15 is 0 Å². The van der Waals surface area contributed by atoms with Gasteiger partial charge in [0.25, 0.3) is 0 Å². The van der Waals surface area contributed by atoms with Gasteiger partial charge < -0.3 is 20.6 Å². The van der Waals surface area contributed by atoms with E-state index in [2.05, 4.69) is 38.2 Å². The van der Waals surface area contributed by atoms with Crippen LogP contribution in [0.3, 0.4) is 0 Å². The Morgan fingerprint density at radius 3 is 2.15 bits per heavy atom. The molecule has 0 aromatic heterocycles. The number of nitrogens with one attached hydrogen (secondary N) is 1. The van der Waals surface area contributed by atoms with Crippen LogP contribution in [0.5, 0.6) is 5.75 Å². The Hall–Kier alpha value is -1.62. The van der Waals surface area contributed by atoms with Crippen LogP contribution in [0.1, 0.15) is 90.5 Å². The van der Waals surface area contributed by atoms with Gasteiger partial charge >= 0.3 is 0 Å². The van der Waals surface area contributed by atoms with E-state index in [1.165, 1.54) is 37.7 Å². The van der Waals surface area contributed by atoms with Crippen molar-refractivity contribution in [2.24, 2.45) is 16.7 Å². The maximum Gasteiger partial charge on any atom is 0.116 e. The molecular weight excluding hydrogens is 422 g/mol. The molecular formula is C30H45NO3. The topological polar surface area (TPSA) is 72.7 Å². The smallest absolute Gasteiger partial charge is 0.116 e. The van der Waals surface area contributed by atoms with E-state index in [0.29, 0.717) is 5.41 Å². The molecule has 0 saturated heterocycles.